The van der Waals surface area contributed by atoms with Crippen LogP contribution in [0.15, 0.2) is 18.2 Å². The number of carboxylic acids is 1. The number of nitrogens with zero attached hydrogens (tertiary/aromatic N) is 1. The molecule has 146 valence electrons. The van der Waals surface area contributed by atoms with Crippen molar-refractivity contribution in [3.63, 3.8) is 0 Å². The van der Waals surface area contributed by atoms with E-state index < -0.39 is 24.5 Å². The molecule has 9 heteroatoms. The zero-order valence-corrected chi connectivity index (χ0v) is 15.0. The summed E-state index contributed by atoms with van der Waals surface area (Å²) in [5, 5.41) is 11.4. The molecule has 7 nitrogen and oxygen atoms in total. The molecule has 1 rings (SSSR count). The fourth-order valence-electron chi connectivity index (χ4n) is 2.07. The van der Waals surface area contributed by atoms with Crippen molar-refractivity contribution in [2.75, 3.05) is 20.2 Å². The van der Waals surface area contributed by atoms with Gasteiger partial charge >= 0.3 is 18.6 Å². The molecular weight excluding hydrogens is 350 g/mol. The Bertz CT molecular complexity index is 613. The normalized spacial score (nSPS) is 11.8. The van der Waals surface area contributed by atoms with Crippen molar-refractivity contribution in [2.24, 2.45) is 5.92 Å². The van der Waals surface area contributed by atoms with Gasteiger partial charge in [-0.2, -0.15) is 8.78 Å². The largest absolute Gasteiger partial charge is 0.493 e. The van der Waals surface area contributed by atoms with Crippen LogP contribution in [-0.4, -0.2) is 48.8 Å². The fraction of sp³-hybridized carbons (Fsp3) is 0.529. The van der Waals surface area contributed by atoms with E-state index in [1.807, 2.05) is 6.92 Å². The van der Waals surface area contributed by atoms with E-state index in [1.54, 1.807) is 6.07 Å². The first-order chi connectivity index (χ1) is 12.2. The summed E-state index contributed by atoms with van der Waals surface area (Å²) in [7, 11) is 1.45. The van der Waals surface area contributed by atoms with Crippen molar-refractivity contribution in [1.82, 2.24) is 10.2 Å². The van der Waals surface area contributed by atoms with Gasteiger partial charge in [-0.1, -0.05) is 13.8 Å². The minimum atomic E-state index is -3.01. The van der Waals surface area contributed by atoms with Gasteiger partial charge in [0.15, 0.2) is 0 Å². The molecule has 0 radical (unpaired) electrons. The lowest BCUT2D eigenvalue weighted by atomic mass is 10.2. The van der Waals surface area contributed by atoms with Gasteiger partial charge in [0.25, 0.3) is 0 Å². The van der Waals surface area contributed by atoms with Gasteiger partial charge in [0.05, 0.1) is 12.5 Å². The lowest BCUT2D eigenvalue weighted by Gasteiger charge is -2.20. The van der Waals surface area contributed by atoms with Crippen molar-refractivity contribution < 1.29 is 33.0 Å². The maximum Gasteiger partial charge on any atom is 0.387 e. The fourth-order valence-corrected chi connectivity index (χ4v) is 2.07. The van der Waals surface area contributed by atoms with Crippen LogP contribution in [0, 0.1) is 5.92 Å². The molecule has 26 heavy (non-hydrogen) atoms. The molecule has 0 aliphatic heterocycles. The molecule has 0 aliphatic rings. The van der Waals surface area contributed by atoms with Gasteiger partial charge in [0, 0.05) is 31.8 Å². The van der Waals surface area contributed by atoms with Crippen LogP contribution in [-0.2, 0) is 11.3 Å². The van der Waals surface area contributed by atoms with Crippen LogP contribution < -0.4 is 14.8 Å². The molecule has 0 fully saturated rings. The van der Waals surface area contributed by atoms with Gasteiger partial charge in [-0.25, -0.2) is 4.79 Å². The van der Waals surface area contributed by atoms with Gasteiger partial charge in [0.1, 0.15) is 11.5 Å². The van der Waals surface area contributed by atoms with Crippen LogP contribution in [0.4, 0.5) is 13.6 Å². The molecule has 0 saturated heterocycles. The van der Waals surface area contributed by atoms with Crippen LogP contribution in [0.1, 0.15) is 25.8 Å². The molecule has 1 atom stereocenters. The van der Waals surface area contributed by atoms with E-state index >= 15 is 0 Å². The third-order valence-corrected chi connectivity index (χ3v) is 3.47. The molecule has 1 aromatic rings. The van der Waals surface area contributed by atoms with E-state index in [0.717, 1.165) is 6.42 Å². The number of nitrogens with one attached hydrogen (secondary N) is 1. The van der Waals surface area contributed by atoms with Crippen molar-refractivity contribution in [3.05, 3.63) is 23.8 Å². The topological polar surface area (TPSA) is 88.1 Å². The molecule has 1 aromatic carbocycles. The van der Waals surface area contributed by atoms with Gasteiger partial charge in [-0.15, -0.1) is 0 Å². The number of carbonyl (C=O) groups excluding carboxylic acids is 1. The monoisotopic (exact) mass is 374 g/mol. The van der Waals surface area contributed by atoms with E-state index in [0.29, 0.717) is 17.9 Å². The van der Waals surface area contributed by atoms with Gasteiger partial charge in [-0.3, -0.25) is 4.79 Å². The zero-order chi connectivity index (χ0) is 19.7. The number of aliphatic carboxylic acids is 1. The Morgan fingerprint density at radius 3 is 2.62 bits per heavy atom. The van der Waals surface area contributed by atoms with Gasteiger partial charge < -0.3 is 24.8 Å². The second-order valence-electron chi connectivity index (χ2n) is 5.78. The zero-order valence-electron chi connectivity index (χ0n) is 15.0. The highest BCUT2D eigenvalue weighted by molar-refractivity contribution is 5.75. The number of halogens is 2. The Morgan fingerprint density at radius 1 is 1.35 bits per heavy atom. The molecule has 2 N–H and O–H groups in total. The van der Waals surface area contributed by atoms with Crippen LogP contribution in [0.2, 0.25) is 0 Å². The number of urea groups is 1. The van der Waals surface area contributed by atoms with E-state index in [2.05, 4.69) is 10.1 Å². The molecule has 0 spiro atoms. The molecule has 0 bridgehead atoms. The summed E-state index contributed by atoms with van der Waals surface area (Å²) in [5.74, 6) is -1.43. The van der Waals surface area contributed by atoms with Crippen molar-refractivity contribution in [2.45, 2.75) is 33.4 Å². The number of rotatable bonds is 10. The highest BCUT2D eigenvalue weighted by Gasteiger charge is 2.18. The molecule has 0 saturated carbocycles. The Balaban J connectivity index is 2.75. The summed E-state index contributed by atoms with van der Waals surface area (Å²) < 4.78 is 35.1. The minimum Gasteiger partial charge on any atom is -0.493 e. The Kier molecular flexibility index (Phi) is 8.60. The summed E-state index contributed by atoms with van der Waals surface area (Å²) in [6.45, 7) is 0.797. The number of alkyl halides is 2. The van der Waals surface area contributed by atoms with Gasteiger partial charge in [0.2, 0.25) is 0 Å². The highest BCUT2D eigenvalue weighted by Crippen LogP contribution is 2.26. The summed E-state index contributed by atoms with van der Waals surface area (Å²) in [6.07, 6.45) is 0.768. The number of ether oxygens (including phenoxy) is 2. The Morgan fingerprint density at radius 2 is 2.04 bits per heavy atom. The Hall–Kier alpha value is -2.58. The summed E-state index contributed by atoms with van der Waals surface area (Å²) in [6, 6.07) is 3.96. The number of benzene rings is 1. The Labute approximate surface area is 150 Å². The lowest BCUT2D eigenvalue weighted by molar-refractivity contribution is -0.141. The average Bonchev–Trinajstić information content (AvgIpc) is 2.57. The molecule has 1 unspecified atom stereocenters. The first-order valence-corrected chi connectivity index (χ1v) is 8.16. The molecular formula is C17H24F2N2O5. The first-order valence-electron chi connectivity index (χ1n) is 8.16. The third-order valence-electron chi connectivity index (χ3n) is 3.47. The van der Waals surface area contributed by atoms with E-state index in [4.69, 9.17) is 9.84 Å². The second kappa shape index (κ2) is 10.4. The first kappa shape index (κ1) is 21.5. The van der Waals surface area contributed by atoms with Crippen molar-refractivity contribution in [3.8, 4) is 11.5 Å². The summed E-state index contributed by atoms with van der Waals surface area (Å²) in [4.78, 5) is 24.1. The quantitative estimate of drug-likeness (QED) is 0.657. The molecule has 0 aromatic heterocycles. The third kappa shape index (κ3) is 7.12. The SMILES string of the molecule is CCCOc1ccc(CNC(=O)N(C)CC(C)C(=O)O)c(OC(F)F)c1. The highest BCUT2D eigenvalue weighted by atomic mass is 19.3. The molecule has 0 heterocycles. The average molecular weight is 374 g/mol. The maximum absolute atomic E-state index is 12.6. The van der Waals surface area contributed by atoms with Crippen LogP contribution in [0.25, 0.3) is 0 Å². The van der Waals surface area contributed by atoms with Crippen molar-refractivity contribution >= 4 is 12.0 Å². The van der Waals surface area contributed by atoms with Crippen LogP contribution in [0.5, 0.6) is 11.5 Å². The van der Waals surface area contributed by atoms with Crippen molar-refractivity contribution in [1.29, 1.82) is 0 Å². The van der Waals surface area contributed by atoms with Crippen LogP contribution >= 0.6 is 0 Å². The number of hydrogen-bond donors (Lipinski definition) is 2. The maximum atomic E-state index is 12.6. The summed E-state index contributed by atoms with van der Waals surface area (Å²) >= 11 is 0. The summed E-state index contributed by atoms with van der Waals surface area (Å²) in [5.41, 5.74) is 0.349. The number of carbonyl (C=O) groups is 2. The van der Waals surface area contributed by atoms with Gasteiger partial charge in [-0.05, 0) is 18.6 Å². The molecule has 2 amide bonds. The van der Waals surface area contributed by atoms with E-state index in [1.165, 1.54) is 31.0 Å². The number of hydrogen-bond acceptors (Lipinski definition) is 4. The predicted octanol–water partition coefficient (Wildman–Crippen LogP) is 2.94. The predicted molar refractivity (Wildman–Crippen MR) is 90.5 cm³/mol. The number of carboxylic acid groups (broad SMARTS) is 1. The lowest BCUT2D eigenvalue weighted by Crippen LogP contribution is -2.40. The smallest absolute Gasteiger partial charge is 0.387 e. The molecule has 0 aliphatic carbocycles. The minimum absolute atomic E-state index is 0.0192. The second-order valence-corrected chi connectivity index (χ2v) is 5.78. The van der Waals surface area contributed by atoms with E-state index in [9.17, 15) is 18.4 Å². The standard InChI is InChI=1S/C17H24F2N2O5/c1-4-7-25-13-6-5-12(14(8-13)26-16(18)19)9-20-17(24)21(3)10-11(2)15(22)23/h5-6,8,11,16H,4,7,9-10H2,1-3H3,(H,20,24)(H,22,23). The number of amides is 2. The van der Waals surface area contributed by atoms with E-state index in [-0.39, 0.29) is 18.8 Å². The van der Waals surface area contributed by atoms with Crippen LogP contribution in [0.3, 0.4) is 0 Å².